The molecule has 12 nitrogen and oxygen atoms in total. The molecule has 36 heavy (non-hydrogen) atoms. The number of nitro groups is 1. The monoisotopic (exact) mass is 517 g/mol. The lowest BCUT2D eigenvalue weighted by atomic mass is 10.0. The van der Waals surface area contributed by atoms with Crippen LogP contribution in [0, 0.1) is 16.0 Å². The van der Waals surface area contributed by atoms with E-state index >= 15 is 0 Å². The Kier molecular flexibility index (Phi) is 8.48. The molecule has 1 saturated heterocycles. The molecule has 190 valence electrons. The minimum Gasteiger partial charge on any atom is -0.497 e. The second-order valence-electron chi connectivity index (χ2n) is 8.05. The first-order valence-corrected chi connectivity index (χ1v) is 11.1. The molecule has 1 heterocycles. The van der Waals surface area contributed by atoms with Crippen molar-refractivity contribution in [2.45, 2.75) is 25.5 Å². The number of carboxylic acid groups (broad SMARTS) is 1. The molecule has 0 spiro atoms. The van der Waals surface area contributed by atoms with Crippen LogP contribution in [0.1, 0.15) is 28.8 Å². The molecule has 2 aromatic carbocycles. The normalized spacial score (nSPS) is 16.8. The Morgan fingerprint density at radius 2 is 1.89 bits per heavy atom. The van der Waals surface area contributed by atoms with Crippen LogP contribution in [0.3, 0.4) is 0 Å². The van der Waals surface area contributed by atoms with Crippen LogP contribution in [0.5, 0.6) is 5.75 Å². The number of hydrogen-bond acceptors (Lipinski definition) is 8. The van der Waals surface area contributed by atoms with Gasteiger partial charge in [0.15, 0.2) is 5.12 Å². The van der Waals surface area contributed by atoms with Crippen molar-refractivity contribution in [2.75, 3.05) is 19.0 Å². The van der Waals surface area contributed by atoms with Crippen LogP contribution in [0.2, 0.25) is 0 Å². The standard InChI is InChI=1S/C23H23N3O9S/c1-34-16-6-7-18(17(10-16)22(29)30)24-21(28)19-8-14(9-20(27)36)11-25(19)23(31)35-12-13-2-4-15(5-3-13)26(32)33/h2-7,10,14,19H,8-9,11-12H2,1H3,(H,24,28)(H,27,36)(H,29,30)/t14-,19-/m0/s1. The lowest BCUT2D eigenvalue weighted by molar-refractivity contribution is -0.384. The summed E-state index contributed by atoms with van der Waals surface area (Å²) in [7, 11) is 1.38. The van der Waals surface area contributed by atoms with Gasteiger partial charge >= 0.3 is 12.1 Å². The van der Waals surface area contributed by atoms with Gasteiger partial charge in [0.05, 0.1) is 23.3 Å². The molecule has 2 atom stereocenters. The SMILES string of the molecule is COc1ccc(NC(=O)[C@@H]2C[C@@H](CC(=O)S)CN2C(=O)OCc2ccc([N+](=O)[O-])cc2)c(C(=O)O)c1. The fourth-order valence-electron chi connectivity index (χ4n) is 3.86. The first-order chi connectivity index (χ1) is 17.1. The van der Waals surface area contributed by atoms with Crippen LogP contribution in [-0.2, 0) is 20.9 Å². The van der Waals surface area contributed by atoms with E-state index in [0.29, 0.717) is 5.56 Å². The van der Waals surface area contributed by atoms with E-state index in [2.05, 4.69) is 17.9 Å². The summed E-state index contributed by atoms with van der Waals surface area (Å²) in [6.07, 6.45) is -0.651. The maximum atomic E-state index is 13.1. The van der Waals surface area contributed by atoms with Gasteiger partial charge in [0.25, 0.3) is 5.69 Å². The number of non-ortho nitro benzene ring substituents is 1. The number of hydrogen-bond donors (Lipinski definition) is 3. The zero-order valence-electron chi connectivity index (χ0n) is 19.1. The molecule has 2 amide bonds. The van der Waals surface area contributed by atoms with Crippen molar-refractivity contribution < 1.29 is 38.7 Å². The highest BCUT2D eigenvalue weighted by Gasteiger charge is 2.41. The van der Waals surface area contributed by atoms with Gasteiger partial charge in [0.1, 0.15) is 18.4 Å². The van der Waals surface area contributed by atoms with E-state index in [1.165, 1.54) is 54.5 Å². The van der Waals surface area contributed by atoms with Crippen LogP contribution in [0.25, 0.3) is 0 Å². The molecule has 1 fully saturated rings. The minimum absolute atomic E-state index is 0.0150. The van der Waals surface area contributed by atoms with E-state index in [1.807, 2.05) is 0 Å². The van der Waals surface area contributed by atoms with Crippen LogP contribution < -0.4 is 10.1 Å². The zero-order valence-corrected chi connectivity index (χ0v) is 20.0. The number of aromatic carboxylic acids is 1. The van der Waals surface area contributed by atoms with Gasteiger partial charge in [-0.2, -0.15) is 0 Å². The van der Waals surface area contributed by atoms with Gasteiger partial charge in [-0.25, -0.2) is 9.59 Å². The number of thiol groups is 1. The smallest absolute Gasteiger partial charge is 0.410 e. The average Bonchev–Trinajstić information content (AvgIpc) is 3.26. The van der Waals surface area contributed by atoms with E-state index in [-0.39, 0.29) is 54.6 Å². The van der Waals surface area contributed by atoms with Gasteiger partial charge < -0.3 is 19.9 Å². The Morgan fingerprint density at radius 1 is 1.19 bits per heavy atom. The van der Waals surface area contributed by atoms with E-state index in [9.17, 15) is 34.4 Å². The van der Waals surface area contributed by atoms with Crippen molar-refractivity contribution in [1.82, 2.24) is 4.90 Å². The molecule has 1 aliphatic rings. The number of benzene rings is 2. The average molecular weight is 518 g/mol. The van der Waals surface area contributed by atoms with E-state index < -0.39 is 34.1 Å². The molecule has 0 bridgehead atoms. The summed E-state index contributed by atoms with van der Waals surface area (Å²) >= 11 is 3.78. The minimum atomic E-state index is -1.28. The number of nitrogens with zero attached hydrogens (tertiary/aromatic N) is 2. The number of nitrogens with one attached hydrogen (secondary N) is 1. The molecular formula is C23H23N3O9S. The van der Waals surface area contributed by atoms with Gasteiger partial charge in [-0.3, -0.25) is 24.6 Å². The Morgan fingerprint density at radius 3 is 2.47 bits per heavy atom. The lowest BCUT2D eigenvalue weighted by Crippen LogP contribution is -2.43. The number of carbonyl (C=O) groups excluding carboxylic acids is 3. The van der Waals surface area contributed by atoms with Crippen molar-refractivity contribution in [3.63, 3.8) is 0 Å². The molecule has 0 saturated carbocycles. The Labute approximate surface area is 210 Å². The highest BCUT2D eigenvalue weighted by atomic mass is 32.1. The first-order valence-electron chi connectivity index (χ1n) is 10.7. The van der Waals surface area contributed by atoms with Crippen LogP contribution >= 0.6 is 12.6 Å². The number of amides is 2. The predicted octanol–water partition coefficient (Wildman–Crippen LogP) is 3.11. The zero-order chi connectivity index (χ0) is 26.4. The summed E-state index contributed by atoms with van der Waals surface area (Å²) < 4.78 is 10.3. The first kappa shape index (κ1) is 26.5. The predicted molar refractivity (Wildman–Crippen MR) is 129 cm³/mol. The molecule has 1 aliphatic heterocycles. The summed E-state index contributed by atoms with van der Waals surface area (Å²) in [6.45, 7) is -0.142. The second-order valence-corrected chi connectivity index (χ2v) is 8.55. The van der Waals surface area contributed by atoms with Crippen LogP contribution in [0.4, 0.5) is 16.2 Å². The van der Waals surface area contributed by atoms with Gasteiger partial charge in [-0.15, -0.1) is 12.6 Å². The molecule has 0 radical (unpaired) electrons. The largest absolute Gasteiger partial charge is 0.497 e. The lowest BCUT2D eigenvalue weighted by Gasteiger charge is -2.23. The Bertz CT molecular complexity index is 1190. The number of anilines is 1. The molecule has 0 aromatic heterocycles. The quantitative estimate of drug-likeness (QED) is 0.257. The molecule has 3 rings (SSSR count). The number of ether oxygens (including phenoxy) is 2. The fourth-order valence-corrected chi connectivity index (χ4v) is 4.12. The number of likely N-dealkylation sites (tertiary alicyclic amines) is 1. The summed E-state index contributed by atoms with van der Waals surface area (Å²) in [5.74, 6) is -2.00. The second kappa shape index (κ2) is 11.5. The van der Waals surface area contributed by atoms with Crippen molar-refractivity contribution in [3.8, 4) is 5.75 Å². The number of methoxy groups -OCH3 is 1. The maximum Gasteiger partial charge on any atom is 0.410 e. The Balaban J connectivity index is 1.75. The third kappa shape index (κ3) is 6.50. The number of rotatable bonds is 9. The Hall–Kier alpha value is -4.13. The van der Waals surface area contributed by atoms with Crippen LogP contribution in [0.15, 0.2) is 42.5 Å². The number of carboxylic acids is 1. The van der Waals surface area contributed by atoms with Crippen molar-refractivity contribution >= 4 is 47.1 Å². The molecule has 13 heteroatoms. The summed E-state index contributed by atoms with van der Waals surface area (Å²) in [6, 6.07) is 8.52. The fraction of sp³-hybridized carbons (Fsp3) is 0.304. The highest BCUT2D eigenvalue weighted by molar-refractivity contribution is 7.96. The maximum absolute atomic E-state index is 13.1. The van der Waals surface area contributed by atoms with E-state index in [1.54, 1.807) is 0 Å². The van der Waals surface area contributed by atoms with E-state index in [4.69, 9.17) is 9.47 Å². The number of carbonyl (C=O) groups is 4. The summed E-state index contributed by atoms with van der Waals surface area (Å²) in [5.41, 5.74) is 0.205. The molecule has 2 aromatic rings. The topological polar surface area (TPSA) is 165 Å². The van der Waals surface area contributed by atoms with Gasteiger partial charge in [0, 0.05) is 25.1 Å². The van der Waals surface area contributed by atoms with Crippen LogP contribution in [-0.4, -0.2) is 57.7 Å². The summed E-state index contributed by atoms with van der Waals surface area (Å²) in [5, 5.41) is 22.4. The molecule has 0 aliphatic carbocycles. The molecule has 2 N–H and O–H groups in total. The van der Waals surface area contributed by atoms with Crippen molar-refractivity contribution in [3.05, 3.63) is 63.7 Å². The van der Waals surface area contributed by atoms with Gasteiger partial charge in [-0.1, -0.05) is 0 Å². The van der Waals surface area contributed by atoms with Gasteiger partial charge in [0.2, 0.25) is 5.91 Å². The van der Waals surface area contributed by atoms with Gasteiger partial charge in [-0.05, 0) is 48.2 Å². The molecule has 0 unspecified atom stereocenters. The third-order valence-corrected chi connectivity index (χ3v) is 5.80. The van der Waals surface area contributed by atoms with E-state index in [0.717, 1.165) is 0 Å². The van der Waals surface area contributed by atoms with Crippen molar-refractivity contribution in [2.24, 2.45) is 5.92 Å². The summed E-state index contributed by atoms with van der Waals surface area (Å²) in [4.78, 5) is 60.5. The third-order valence-electron chi connectivity index (χ3n) is 5.61. The van der Waals surface area contributed by atoms with Crippen molar-refractivity contribution in [1.29, 1.82) is 0 Å². The number of nitro benzene ring substituents is 1. The molecular weight excluding hydrogens is 494 g/mol. The highest BCUT2D eigenvalue weighted by Crippen LogP contribution is 2.30.